The molecule has 0 radical (unpaired) electrons. The summed E-state index contributed by atoms with van der Waals surface area (Å²) < 4.78 is 11.1. The second-order valence-corrected chi connectivity index (χ2v) is 10.1. The van der Waals surface area contributed by atoms with Crippen LogP contribution in [0.5, 0.6) is 5.75 Å². The lowest BCUT2D eigenvalue weighted by molar-refractivity contribution is -0.140. The highest BCUT2D eigenvalue weighted by atomic mass is 16.5. The van der Waals surface area contributed by atoms with Crippen LogP contribution in [0.1, 0.15) is 41.5 Å². The van der Waals surface area contributed by atoms with Crippen molar-refractivity contribution in [3.8, 4) is 16.9 Å². The number of aliphatic hydroxyl groups excluding tert-OH is 1. The first kappa shape index (κ1) is 29.6. The van der Waals surface area contributed by atoms with Gasteiger partial charge in [-0.2, -0.15) is 0 Å². The quantitative estimate of drug-likeness (QED) is 0.288. The fourth-order valence-electron chi connectivity index (χ4n) is 4.92. The van der Waals surface area contributed by atoms with E-state index in [1.165, 1.54) is 5.56 Å². The Kier molecular flexibility index (Phi) is 9.97. The van der Waals surface area contributed by atoms with Crippen molar-refractivity contribution in [1.29, 1.82) is 0 Å². The molecule has 0 spiro atoms. The number of aryl methyl sites for hydroxylation is 1. The average molecular weight is 561 g/mol. The third-order valence-electron chi connectivity index (χ3n) is 7.28. The fourth-order valence-corrected chi connectivity index (χ4v) is 4.92. The van der Waals surface area contributed by atoms with E-state index in [4.69, 9.17) is 19.7 Å². The number of amides is 2. The van der Waals surface area contributed by atoms with Crippen molar-refractivity contribution < 1.29 is 34.1 Å². The van der Waals surface area contributed by atoms with Gasteiger partial charge in [-0.3, -0.25) is 4.79 Å². The number of hydrogen-bond donors (Lipinski definition) is 3. The first-order valence-electron chi connectivity index (χ1n) is 13.8. The number of nitrogens with zero attached hydrogens (tertiary/aromatic N) is 1. The van der Waals surface area contributed by atoms with Gasteiger partial charge in [0.25, 0.3) is 0 Å². The molecule has 2 amide bonds. The molecule has 0 saturated carbocycles. The molecule has 1 heterocycles. The summed E-state index contributed by atoms with van der Waals surface area (Å²) in [6.45, 7) is 4.42. The van der Waals surface area contributed by atoms with Crippen molar-refractivity contribution in [2.45, 2.75) is 52.2 Å². The highest BCUT2D eigenvalue weighted by molar-refractivity contribution is 5.96. The number of carboxylic acids is 1. The van der Waals surface area contributed by atoms with Gasteiger partial charge < -0.3 is 29.9 Å². The summed E-state index contributed by atoms with van der Waals surface area (Å²) in [6.07, 6.45) is 1.78. The number of carbonyl (C=O) groups is 3. The predicted molar refractivity (Wildman–Crippen MR) is 155 cm³/mol. The van der Waals surface area contributed by atoms with Crippen molar-refractivity contribution in [2.75, 3.05) is 24.7 Å². The molecular formula is C32H36N2O7. The molecule has 3 N–H and O–H groups in total. The lowest BCUT2D eigenvalue weighted by Crippen LogP contribution is -2.43. The first-order chi connectivity index (χ1) is 19.8. The van der Waals surface area contributed by atoms with Crippen molar-refractivity contribution in [1.82, 2.24) is 5.32 Å². The molecule has 0 aliphatic carbocycles. The predicted octanol–water partition coefficient (Wildman–Crippen LogP) is 4.78. The van der Waals surface area contributed by atoms with Gasteiger partial charge in [-0.25, -0.2) is 9.59 Å². The number of rotatable bonds is 11. The summed E-state index contributed by atoms with van der Waals surface area (Å²) in [5, 5.41) is 20.2. The molecule has 0 unspecified atom stereocenters. The van der Waals surface area contributed by atoms with Crippen LogP contribution < -0.4 is 15.0 Å². The third kappa shape index (κ3) is 7.43. The van der Waals surface area contributed by atoms with Gasteiger partial charge in [-0.05, 0) is 84.7 Å². The zero-order valence-corrected chi connectivity index (χ0v) is 23.4. The minimum Gasteiger partial charge on any atom is -0.493 e. The molecule has 4 rings (SSSR count). The highest BCUT2D eigenvalue weighted by Crippen LogP contribution is 2.36. The maximum Gasteiger partial charge on any atom is 0.408 e. The number of nitrogens with one attached hydrogen (secondary N) is 1. The lowest BCUT2D eigenvalue weighted by atomic mass is 9.91. The van der Waals surface area contributed by atoms with Gasteiger partial charge in [-0.1, -0.05) is 42.5 Å². The van der Waals surface area contributed by atoms with E-state index in [0.29, 0.717) is 26.0 Å². The van der Waals surface area contributed by atoms with Gasteiger partial charge in [-0.15, -0.1) is 0 Å². The zero-order valence-electron chi connectivity index (χ0n) is 23.4. The van der Waals surface area contributed by atoms with E-state index in [-0.39, 0.29) is 12.5 Å². The van der Waals surface area contributed by atoms with Crippen LogP contribution in [0.3, 0.4) is 0 Å². The van der Waals surface area contributed by atoms with Gasteiger partial charge in [0.1, 0.15) is 12.4 Å². The molecule has 0 aromatic heterocycles. The van der Waals surface area contributed by atoms with E-state index in [2.05, 4.69) is 18.3 Å². The zero-order chi connectivity index (χ0) is 29.4. The average Bonchev–Trinajstić information content (AvgIpc) is 2.98. The van der Waals surface area contributed by atoms with Crippen LogP contribution in [-0.4, -0.2) is 54.0 Å². The molecule has 0 fully saturated rings. The molecule has 9 nitrogen and oxygen atoms in total. The Balaban J connectivity index is 1.40. The van der Waals surface area contributed by atoms with Gasteiger partial charge in [0.05, 0.1) is 13.2 Å². The SMILES string of the molecule is Cc1cccc(OCCCC(=O)N2CCCc3c(-c4cccc(COC(=O)N[C@H](CO)C(=O)O)c4)cccc32)c1C. The number of carbonyl (C=O) groups excluding carboxylic acids is 2. The van der Waals surface area contributed by atoms with E-state index < -0.39 is 24.7 Å². The minimum absolute atomic E-state index is 0.0682. The van der Waals surface area contributed by atoms with Crippen molar-refractivity contribution in [3.63, 3.8) is 0 Å². The topological polar surface area (TPSA) is 125 Å². The Morgan fingerprint density at radius 1 is 1.05 bits per heavy atom. The van der Waals surface area contributed by atoms with E-state index in [0.717, 1.165) is 52.1 Å². The van der Waals surface area contributed by atoms with Gasteiger partial charge in [0.15, 0.2) is 6.04 Å². The van der Waals surface area contributed by atoms with Crippen LogP contribution in [0, 0.1) is 13.8 Å². The number of alkyl carbamates (subject to hydrolysis) is 1. The van der Waals surface area contributed by atoms with Crippen LogP contribution in [0.2, 0.25) is 0 Å². The molecule has 216 valence electrons. The van der Waals surface area contributed by atoms with Crippen molar-refractivity contribution in [3.05, 3.63) is 82.9 Å². The van der Waals surface area contributed by atoms with Crippen molar-refractivity contribution in [2.24, 2.45) is 0 Å². The molecule has 0 saturated heterocycles. The number of anilines is 1. The van der Waals surface area contributed by atoms with Crippen LogP contribution in [0.4, 0.5) is 10.5 Å². The summed E-state index contributed by atoms with van der Waals surface area (Å²) in [4.78, 5) is 38.1. The molecule has 41 heavy (non-hydrogen) atoms. The summed E-state index contributed by atoms with van der Waals surface area (Å²) in [7, 11) is 0. The Morgan fingerprint density at radius 2 is 1.83 bits per heavy atom. The number of hydrogen-bond acceptors (Lipinski definition) is 6. The highest BCUT2D eigenvalue weighted by Gasteiger charge is 2.25. The summed E-state index contributed by atoms with van der Waals surface area (Å²) in [5.41, 5.74) is 6.96. The van der Waals surface area contributed by atoms with Crippen molar-refractivity contribution >= 4 is 23.7 Å². The Hall–Kier alpha value is -4.37. The van der Waals surface area contributed by atoms with Crippen LogP contribution in [0.15, 0.2) is 60.7 Å². The number of fused-ring (bicyclic) bond motifs is 1. The van der Waals surface area contributed by atoms with Gasteiger partial charge in [0.2, 0.25) is 5.91 Å². The maximum absolute atomic E-state index is 13.2. The third-order valence-corrected chi connectivity index (χ3v) is 7.28. The van der Waals surface area contributed by atoms with Crippen LogP contribution in [0.25, 0.3) is 11.1 Å². The van der Waals surface area contributed by atoms with E-state index in [1.807, 2.05) is 66.4 Å². The van der Waals surface area contributed by atoms with E-state index >= 15 is 0 Å². The van der Waals surface area contributed by atoms with Gasteiger partial charge >= 0.3 is 12.1 Å². The molecule has 1 aliphatic rings. The standard InChI is InChI=1S/C32H36N2O7/c1-21-8-3-14-29(22(21)2)40-17-7-15-30(36)34-16-6-12-26-25(11-5-13-28(26)34)24-10-4-9-23(18-24)20-41-32(39)33-27(19-35)31(37)38/h3-5,8-11,13-14,18,27,35H,6-7,12,15-17,19-20H2,1-2H3,(H,33,39)(H,37,38)/t27-/m1/s1. The number of benzene rings is 3. The fraction of sp³-hybridized carbons (Fsp3) is 0.344. The molecular weight excluding hydrogens is 524 g/mol. The largest absolute Gasteiger partial charge is 0.493 e. The Bertz CT molecular complexity index is 1400. The van der Waals surface area contributed by atoms with Crippen LogP contribution in [-0.2, 0) is 27.4 Å². The monoisotopic (exact) mass is 560 g/mol. The van der Waals surface area contributed by atoms with E-state index in [9.17, 15) is 14.4 Å². The van der Waals surface area contributed by atoms with Gasteiger partial charge in [0, 0.05) is 18.7 Å². The molecule has 9 heteroatoms. The maximum atomic E-state index is 13.2. The molecule has 3 aromatic carbocycles. The molecule has 0 bridgehead atoms. The first-order valence-corrected chi connectivity index (χ1v) is 13.8. The number of aliphatic carboxylic acids is 1. The Labute approximate surface area is 239 Å². The molecule has 3 aromatic rings. The summed E-state index contributed by atoms with van der Waals surface area (Å²) in [5.74, 6) is -0.421. The Morgan fingerprint density at radius 3 is 2.61 bits per heavy atom. The summed E-state index contributed by atoms with van der Waals surface area (Å²) in [6, 6.07) is 18.1. The lowest BCUT2D eigenvalue weighted by Gasteiger charge is -2.31. The van der Waals surface area contributed by atoms with Crippen LogP contribution >= 0.6 is 0 Å². The molecule has 1 aliphatic heterocycles. The summed E-state index contributed by atoms with van der Waals surface area (Å²) >= 11 is 0. The number of aliphatic hydroxyl groups is 1. The second-order valence-electron chi connectivity index (χ2n) is 10.1. The second kappa shape index (κ2) is 13.8. The minimum atomic E-state index is -1.43. The van der Waals surface area contributed by atoms with E-state index in [1.54, 1.807) is 0 Å². The molecule has 1 atom stereocenters. The number of carboxylic acid groups (broad SMARTS) is 1. The number of ether oxygens (including phenoxy) is 2. The smallest absolute Gasteiger partial charge is 0.408 e. The normalized spacial score (nSPS) is 13.2.